The van der Waals surface area contributed by atoms with Gasteiger partial charge in [0.2, 0.25) is 0 Å². The summed E-state index contributed by atoms with van der Waals surface area (Å²) in [5, 5.41) is 20.0. The molecule has 3 aliphatic rings. The number of aliphatic hydroxyl groups is 1. The van der Waals surface area contributed by atoms with Crippen LogP contribution in [0.1, 0.15) is 48.5 Å². The van der Waals surface area contributed by atoms with Crippen LogP contribution >= 0.6 is 11.6 Å². The van der Waals surface area contributed by atoms with Gasteiger partial charge in [0.15, 0.2) is 5.71 Å². The lowest BCUT2D eigenvalue weighted by molar-refractivity contribution is -0.116. The van der Waals surface area contributed by atoms with Crippen molar-refractivity contribution in [3.63, 3.8) is 0 Å². The number of aromatic nitrogens is 1. The van der Waals surface area contributed by atoms with Gasteiger partial charge in [0, 0.05) is 29.3 Å². The fraction of sp³-hybridized carbons (Fsp3) is 0.393. The molecule has 1 aliphatic carbocycles. The summed E-state index contributed by atoms with van der Waals surface area (Å²) in [6.07, 6.45) is 5.25. The van der Waals surface area contributed by atoms with Crippen molar-refractivity contribution in [1.82, 2.24) is 15.2 Å². The van der Waals surface area contributed by atoms with Crippen LogP contribution in [0.3, 0.4) is 0 Å². The number of oxime groups is 1. The molecule has 1 amide bonds. The lowest BCUT2D eigenvalue weighted by Gasteiger charge is -2.29. The molecule has 2 atom stereocenters. The van der Waals surface area contributed by atoms with Gasteiger partial charge in [-0.2, -0.15) is 0 Å². The Bertz CT molecular complexity index is 1350. The molecule has 1 saturated carbocycles. The maximum absolute atomic E-state index is 13.5. The van der Waals surface area contributed by atoms with E-state index < -0.39 is 18.1 Å². The van der Waals surface area contributed by atoms with E-state index in [9.17, 15) is 9.90 Å². The molecule has 1 saturated heterocycles. The average molecular weight is 521 g/mol. The summed E-state index contributed by atoms with van der Waals surface area (Å²) < 4.78 is 5.84. The zero-order chi connectivity index (χ0) is 25.4. The Morgan fingerprint density at radius 3 is 2.84 bits per heavy atom. The highest BCUT2D eigenvalue weighted by Crippen LogP contribution is 2.34. The number of amides is 1. The summed E-state index contributed by atoms with van der Waals surface area (Å²) in [6.45, 7) is 2.61. The molecule has 0 bridgehead atoms. The fourth-order valence-electron chi connectivity index (χ4n) is 5.05. The monoisotopic (exact) mass is 520 g/mol. The summed E-state index contributed by atoms with van der Waals surface area (Å²) in [5.74, 6) is 0.214. The minimum Gasteiger partial charge on any atom is -0.489 e. The lowest BCUT2D eigenvalue weighted by Crippen LogP contribution is -2.49. The van der Waals surface area contributed by atoms with Crippen LogP contribution < -0.4 is 10.1 Å². The van der Waals surface area contributed by atoms with Gasteiger partial charge in [-0.3, -0.25) is 9.78 Å². The molecule has 3 heterocycles. The third kappa shape index (κ3) is 5.14. The van der Waals surface area contributed by atoms with Crippen molar-refractivity contribution in [2.75, 3.05) is 19.6 Å². The molecule has 8 nitrogen and oxygen atoms in total. The molecule has 2 aromatic carbocycles. The maximum Gasteiger partial charge on any atom is 0.274 e. The quantitative estimate of drug-likeness (QED) is 0.466. The normalized spacial score (nSPS) is 19.0. The molecule has 0 unspecified atom stereocenters. The standard InChI is InChI=1S/C28H29ClN4O4/c29-22-14-18(6-10-24(22)37-19-7-8-19)27(34)23(15-33-12-1-2-13-33)31-28(35)26-20-9-5-17-4-3-11-30-25(17)21(20)16-36-32-26/h3-6,9-11,14,19,23,27,34H,1-2,7-8,12-13,15-16H2,(H,31,35)/t23-,27-/m1/s1. The highest BCUT2D eigenvalue weighted by molar-refractivity contribution is 6.46. The number of hydrogen-bond donors (Lipinski definition) is 2. The van der Waals surface area contributed by atoms with Crippen LogP contribution in [-0.2, 0) is 16.2 Å². The zero-order valence-corrected chi connectivity index (χ0v) is 21.2. The number of benzene rings is 2. The van der Waals surface area contributed by atoms with E-state index in [1.165, 1.54) is 0 Å². The molecule has 3 aromatic rings. The van der Waals surface area contributed by atoms with E-state index in [1.54, 1.807) is 18.3 Å². The van der Waals surface area contributed by atoms with E-state index in [2.05, 4.69) is 20.4 Å². The maximum atomic E-state index is 13.5. The van der Waals surface area contributed by atoms with Crippen molar-refractivity contribution in [2.45, 2.75) is 50.5 Å². The molecule has 0 radical (unpaired) electrons. The number of nitrogens with zero attached hydrogens (tertiary/aromatic N) is 3. The van der Waals surface area contributed by atoms with Crippen LogP contribution in [0.5, 0.6) is 5.75 Å². The Morgan fingerprint density at radius 2 is 2.05 bits per heavy atom. The second-order valence-corrected chi connectivity index (χ2v) is 10.3. The molecule has 2 N–H and O–H groups in total. The average Bonchev–Trinajstić information content (AvgIpc) is 3.60. The molecule has 2 aliphatic heterocycles. The van der Waals surface area contributed by atoms with E-state index in [4.69, 9.17) is 21.2 Å². The van der Waals surface area contributed by atoms with Crippen LogP contribution in [0.15, 0.2) is 53.8 Å². The summed E-state index contributed by atoms with van der Waals surface area (Å²) in [5.41, 5.74) is 3.10. The van der Waals surface area contributed by atoms with E-state index >= 15 is 0 Å². The number of carbonyl (C=O) groups excluding carboxylic acids is 1. The Kier molecular flexibility index (Phi) is 6.71. The number of fused-ring (bicyclic) bond motifs is 3. The van der Waals surface area contributed by atoms with Gasteiger partial charge in [0.1, 0.15) is 18.5 Å². The molecule has 0 spiro atoms. The van der Waals surface area contributed by atoms with E-state index in [1.807, 2.05) is 30.3 Å². The van der Waals surface area contributed by atoms with Gasteiger partial charge in [0.05, 0.1) is 22.7 Å². The van der Waals surface area contributed by atoms with Crippen molar-refractivity contribution in [2.24, 2.45) is 5.16 Å². The van der Waals surface area contributed by atoms with Crippen LogP contribution in [0.4, 0.5) is 0 Å². The second kappa shape index (κ2) is 10.3. The predicted octanol–water partition coefficient (Wildman–Crippen LogP) is 3.98. The first-order valence-electron chi connectivity index (χ1n) is 12.8. The number of likely N-dealkylation sites (tertiary alicyclic amines) is 1. The zero-order valence-electron chi connectivity index (χ0n) is 20.4. The highest BCUT2D eigenvalue weighted by Gasteiger charge is 2.31. The van der Waals surface area contributed by atoms with Crippen molar-refractivity contribution >= 4 is 34.1 Å². The second-order valence-electron chi connectivity index (χ2n) is 9.92. The third-order valence-corrected chi connectivity index (χ3v) is 7.48. The van der Waals surface area contributed by atoms with E-state index in [0.717, 1.165) is 55.2 Å². The molecule has 6 rings (SSSR count). The van der Waals surface area contributed by atoms with Crippen molar-refractivity contribution in [3.8, 4) is 5.75 Å². The van der Waals surface area contributed by atoms with Gasteiger partial charge >= 0.3 is 0 Å². The summed E-state index contributed by atoms with van der Waals surface area (Å²) >= 11 is 6.48. The van der Waals surface area contributed by atoms with Crippen molar-refractivity contribution in [3.05, 3.63) is 70.4 Å². The van der Waals surface area contributed by atoms with Gasteiger partial charge < -0.3 is 24.9 Å². The molecule has 192 valence electrons. The summed E-state index contributed by atoms with van der Waals surface area (Å²) in [4.78, 5) is 25.7. The van der Waals surface area contributed by atoms with Gasteiger partial charge in [0.25, 0.3) is 5.91 Å². The molecule has 37 heavy (non-hydrogen) atoms. The topological polar surface area (TPSA) is 96.3 Å². The number of rotatable bonds is 8. The summed E-state index contributed by atoms with van der Waals surface area (Å²) in [6, 6.07) is 12.4. The highest BCUT2D eigenvalue weighted by atomic mass is 35.5. The number of ether oxygens (including phenoxy) is 1. The van der Waals surface area contributed by atoms with Gasteiger partial charge in [-0.1, -0.05) is 41.0 Å². The molecule has 2 fully saturated rings. The number of aliphatic hydroxyl groups excluding tert-OH is 1. The summed E-state index contributed by atoms with van der Waals surface area (Å²) in [7, 11) is 0. The lowest BCUT2D eigenvalue weighted by atomic mass is 9.97. The number of carbonyl (C=O) groups is 1. The molecule has 1 aromatic heterocycles. The van der Waals surface area contributed by atoms with Crippen LogP contribution in [0, 0.1) is 0 Å². The van der Waals surface area contributed by atoms with Crippen LogP contribution in [0.25, 0.3) is 10.9 Å². The Hall–Kier alpha value is -3.20. The Labute approximate surface area is 220 Å². The largest absolute Gasteiger partial charge is 0.489 e. The minimum atomic E-state index is -0.972. The first kappa shape index (κ1) is 24.2. The smallest absolute Gasteiger partial charge is 0.274 e. The van der Waals surface area contributed by atoms with Crippen molar-refractivity contribution in [1.29, 1.82) is 0 Å². The minimum absolute atomic E-state index is 0.179. The number of nitrogens with one attached hydrogen (secondary N) is 1. The van der Waals surface area contributed by atoms with E-state index in [-0.39, 0.29) is 18.4 Å². The third-order valence-electron chi connectivity index (χ3n) is 7.18. The Morgan fingerprint density at radius 1 is 1.22 bits per heavy atom. The van der Waals surface area contributed by atoms with Crippen LogP contribution in [0.2, 0.25) is 5.02 Å². The fourth-order valence-corrected chi connectivity index (χ4v) is 5.28. The molecular formula is C28H29ClN4O4. The van der Waals surface area contributed by atoms with Gasteiger partial charge in [-0.05, 0) is 62.5 Å². The first-order valence-corrected chi connectivity index (χ1v) is 13.2. The predicted molar refractivity (Wildman–Crippen MR) is 141 cm³/mol. The Balaban J connectivity index is 1.25. The number of hydrogen-bond acceptors (Lipinski definition) is 7. The number of pyridine rings is 1. The van der Waals surface area contributed by atoms with Crippen molar-refractivity contribution < 1.29 is 19.5 Å². The van der Waals surface area contributed by atoms with E-state index in [0.29, 0.717) is 28.4 Å². The molecular weight excluding hydrogens is 492 g/mol. The first-order chi connectivity index (χ1) is 18.1. The van der Waals surface area contributed by atoms with Crippen LogP contribution in [-0.4, -0.2) is 58.4 Å². The van der Waals surface area contributed by atoms with Gasteiger partial charge in [-0.25, -0.2) is 0 Å². The molecule has 9 heteroatoms. The SMILES string of the molecule is O=C(N[C@H](CN1CCCC1)[C@H](O)c1ccc(OC2CC2)c(Cl)c1)C1=NOCc2c1ccc1cccnc21. The van der Waals surface area contributed by atoms with Gasteiger partial charge in [-0.15, -0.1) is 0 Å². The number of halogens is 1.